The molecule has 4 rings (SSSR count). The molecule has 0 aliphatic carbocycles. The van der Waals surface area contributed by atoms with Crippen molar-refractivity contribution in [3.05, 3.63) is 40.7 Å². The van der Waals surface area contributed by atoms with Gasteiger partial charge in [0.25, 0.3) is 0 Å². The largest absolute Gasteiger partial charge is 0.338 e. The first-order chi connectivity index (χ1) is 13.4. The number of aromatic nitrogens is 4. The van der Waals surface area contributed by atoms with E-state index in [0.29, 0.717) is 18.9 Å². The number of aryl methyl sites for hydroxylation is 2. The Morgan fingerprint density at radius 3 is 2.82 bits per heavy atom. The number of nitrogens with zero attached hydrogens (tertiary/aromatic N) is 6. The van der Waals surface area contributed by atoms with Gasteiger partial charge in [-0.1, -0.05) is 0 Å². The lowest BCUT2D eigenvalue weighted by Crippen LogP contribution is -2.37. The SMILES string of the molecule is Cc1cc(C)n([C@H](C)CC(=O)N2CCc3nc([C@@H]4CCN(C)C4)ncc3C2)n1. The molecule has 4 heterocycles. The van der Waals surface area contributed by atoms with Crippen LogP contribution in [0.4, 0.5) is 0 Å². The van der Waals surface area contributed by atoms with Crippen LogP contribution in [0.25, 0.3) is 0 Å². The zero-order chi connectivity index (χ0) is 19.8. The highest BCUT2D eigenvalue weighted by atomic mass is 16.2. The average molecular weight is 383 g/mol. The maximum atomic E-state index is 12.9. The third kappa shape index (κ3) is 3.81. The lowest BCUT2D eigenvalue weighted by molar-refractivity contribution is -0.133. The second kappa shape index (κ2) is 7.62. The Morgan fingerprint density at radius 2 is 2.14 bits per heavy atom. The summed E-state index contributed by atoms with van der Waals surface area (Å²) in [6.07, 6.45) is 4.35. The lowest BCUT2D eigenvalue weighted by Gasteiger charge is -2.29. The molecule has 1 fully saturated rings. The molecule has 0 N–H and O–H groups in total. The van der Waals surface area contributed by atoms with Gasteiger partial charge in [-0.3, -0.25) is 9.48 Å². The maximum absolute atomic E-state index is 12.9. The van der Waals surface area contributed by atoms with Gasteiger partial charge in [0.15, 0.2) is 0 Å². The molecule has 7 nitrogen and oxygen atoms in total. The number of hydrogen-bond donors (Lipinski definition) is 0. The summed E-state index contributed by atoms with van der Waals surface area (Å²) in [4.78, 5) is 26.6. The third-order valence-corrected chi connectivity index (χ3v) is 5.99. The van der Waals surface area contributed by atoms with Crippen LogP contribution in [0.5, 0.6) is 0 Å². The predicted molar refractivity (Wildman–Crippen MR) is 107 cm³/mol. The van der Waals surface area contributed by atoms with Crippen LogP contribution in [0.3, 0.4) is 0 Å². The Balaban J connectivity index is 1.40. The van der Waals surface area contributed by atoms with E-state index in [0.717, 1.165) is 60.9 Å². The van der Waals surface area contributed by atoms with Crippen LogP contribution in [0.15, 0.2) is 12.3 Å². The molecule has 28 heavy (non-hydrogen) atoms. The first kappa shape index (κ1) is 19.1. The Bertz CT molecular complexity index is 876. The molecule has 2 aliphatic rings. The minimum atomic E-state index is 0.0561. The van der Waals surface area contributed by atoms with Gasteiger partial charge in [-0.05, 0) is 46.9 Å². The van der Waals surface area contributed by atoms with Crippen LogP contribution in [-0.2, 0) is 17.8 Å². The van der Waals surface area contributed by atoms with Crippen molar-refractivity contribution in [1.82, 2.24) is 29.5 Å². The summed E-state index contributed by atoms with van der Waals surface area (Å²) in [5.41, 5.74) is 4.30. The van der Waals surface area contributed by atoms with Gasteiger partial charge < -0.3 is 9.80 Å². The van der Waals surface area contributed by atoms with Crippen molar-refractivity contribution in [2.45, 2.75) is 58.5 Å². The molecule has 2 aromatic heterocycles. The van der Waals surface area contributed by atoms with Crippen LogP contribution >= 0.6 is 0 Å². The fourth-order valence-electron chi connectivity index (χ4n) is 4.45. The van der Waals surface area contributed by atoms with Crippen molar-refractivity contribution in [1.29, 1.82) is 0 Å². The van der Waals surface area contributed by atoms with Gasteiger partial charge in [-0.15, -0.1) is 0 Å². The predicted octanol–water partition coefficient (Wildman–Crippen LogP) is 2.25. The molecular weight excluding hydrogens is 352 g/mol. The van der Waals surface area contributed by atoms with E-state index >= 15 is 0 Å². The van der Waals surface area contributed by atoms with Crippen molar-refractivity contribution >= 4 is 5.91 Å². The molecular formula is C21H30N6O. The summed E-state index contributed by atoms with van der Waals surface area (Å²) in [5, 5.41) is 4.52. The average Bonchev–Trinajstić information content (AvgIpc) is 3.25. The van der Waals surface area contributed by atoms with Crippen LogP contribution in [-0.4, -0.2) is 62.1 Å². The lowest BCUT2D eigenvalue weighted by atomic mass is 10.0. The number of carbonyl (C=O) groups excluding carboxylic acids is 1. The molecule has 2 aromatic rings. The zero-order valence-electron chi connectivity index (χ0n) is 17.4. The molecule has 150 valence electrons. The molecule has 0 radical (unpaired) electrons. The van der Waals surface area contributed by atoms with Crippen LogP contribution in [0.2, 0.25) is 0 Å². The number of rotatable bonds is 4. The summed E-state index contributed by atoms with van der Waals surface area (Å²) in [7, 11) is 2.15. The zero-order valence-corrected chi connectivity index (χ0v) is 17.4. The molecule has 1 saturated heterocycles. The summed E-state index contributed by atoms with van der Waals surface area (Å²) in [6, 6.07) is 2.11. The second-order valence-corrected chi connectivity index (χ2v) is 8.44. The maximum Gasteiger partial charge on any atom is 0.225 e. The van der Waals surface area contributed by atoms with Crippen molar-refractivity contribution in [3.63, 3.8) is 0 Å². The summed E-state index contributed by atoms with van der Waals surface area (Å²) in [5.74, 6) is 1.59. The Hall–Kier alpha value is -2.28. The molecule has 0 bridgehead atoms. The number of carbonyl (C=O) groups is 1. The van der Waals surface area contributed by atoms with E-state index in [1.807, 2.05) is 29.6 Å². The molecule has 0 spiro atoms. The number of hydrogen-bond acceptors (Lipinski definition) is 5. The highest BCUT2D eigenvalue weighted by molar-refractivity contribution is 5.76. The van der Waals surface area contributed by atoms with E-state index < -0.39 is 0 Å². The smallest absolute Gasteiger partial charge is 0.225 e. The molecule has 0 aromatic carbocycles. The van der Waals surface area contributed by atoms with Gasteiger partial charge in [0.05, 0.1) is 17.4 Å². The highest BCUT2D eigenvalue weighted by Crippen LogP contribution is 2.26. The molecule has 2 atom stereocenters. The normalized spacial score (nSPS) is 21.0. The van der Waals surface area contributed by atoms with Crippen molar-refractivity contribution < 1.29 is 4.79 Å². The van der Waals surface area contributed by atoms with Gasteiger partial charge in [0.1, 0.15) is 5.82 Å². The number of fused-ring (bicyclic) bond motifs is 1. The molecule has 1 amide bonds. The van der Waals surface area contributed by atoms with Gasteiger partial charge in [0.2, 0.25) is 5.91 Å². The monoisotopic (exact) mass is 382 g/mol. The highest BCUT2D eigenvalue weighted by Gasteiger charge is 2.27. The second-order valence-electron chi connectivity index (χ2n) is 8.44. The van der Waals surface area contributed by atoms with Gasteiger partial charge in [-0.25, -0.2) is 9.97 Å². The van der Waals surface area contributed by atoms with E-state index in [1.54, 1.807) is 0 Å². The van der Waals surface area contributed by atoms with E-state index in [2.05, 4.69) is 35.0 Å². The summed E-state index contributed by atoms with van der Waals surface area (Å²) in [6.45, 7) is 9.57. The van der Waals surface area contributed by atoms with Crippen molar-refractivity contribution in [2.24, 2.45) is 0 Å². The standard InChI is InChI=1S/C21H30N6O/c1-14-9-15(2)27(24-14)16(3)10-20(28)26-8-6-19-18(13-26)11-22-21(23-19)17-5-7-25(4)12-17/h9,11,16-17H,5-8,10,12-13H2,1-4H3/t16-,17-/m1/s1. The van der Waals surface area contributed by atoms with E-state index in [1.165, 1.54) is 0 Å². The third-order valence-electron chi connectivity index (χ3n) is 5.99. The Morgan fingerprint density at radius 1 is 1.32 bits per heavy atom. The fraction of sp³-hybridized carbons (Fsp3) is 0.619. The number of likely N-dealkylation sites (N-methyl/N-ethyl adjacent to an activating group) is 1. The molecule has 0 unspecified atom stereocenters. The van der Waals surface area contributed by atoms with Crippen LogP contribution < -0.4 is 0 Å². The van der Waals surface area contributed by atoms with Crippen molar-refractivity contribution in [3.8, 4) is 0 Å². The van der Waals surface area contributed by atoms with Crippen molar-refractivity contribution in [2.75, 3.05) is 26.7 Å². The van der Waals surface area contributed by atoms with E-state index in [-0.39, 0.29) is 11.9 Å². The van der Waals surface area contributed by atoms with Crippen LogP contribution in [0.1, 0.15) is 60.2 Å². The Labute approximate surface area is 166 Å². The minimum absolute atomic E-state index is 0.0561. The fourth-order valence-corrected chi connectivity index (χ4v) is 4.45. The summed E-state index contributed by atoms with van der Waals surface area (Å²) < 4.78 is 1.96. The number of amides is 1. The van der Waals surface area contributed by atoms with E-state index in [4.69, 9.17) is 4.98 Å². The van der Waals surface area contributed by atoms with Gasteiger partial charge >= 0.3 is 0 Å². The van der Waals surface area contributed by atoms with E-state index in [9.17, 15) is 4.79 Å². The molecule has 2 aliphatic heterocycles. The van der Waals surface area contributed by atoms with Gasteiger partial charge in [0, 0.05) is 55.8 Å². The first-order valence-corrected chi connectivity index (χ1v) is 10.2. The first-order valence-electron chi connectivity index (χ1n) is 10.2. The van der Waals surface area contributed by atoms with Crippen LogP contribution in [0, 0.1) is 13.8 Å². The Kier molecular flexibility index (Phi) is 5.19. The summed E-state index contributed by atoms with van der Waals surface area (Å²) >= 11 is 0. The number of likely N-dealkylation sites (tertiary alicyclic amines) is 1. The minimum Gasteiger partial charge on any atom is -0.338 e. The quantitative estimate of drug-likeness (QED) is 0.811. The molecule has 7 heteroatoms. The molecule has 0 saturated carbocycles. The van der Waals surface area contributed by atoms with Gasteiger partial charge in [-0.2, -0.15) is 5.10 Å². The topological polar surface area (TPSA) is 67.2 Å².